The SMILES string of the molecule is Cl.N#Cc1ccccc1CC1CNC1. The summed E-state index contributed by atoms with van der Waals surface area (Å²) in [6.07, 6.45) is 1.04. The fraction of sp³-hybridized carbons (Fsp3) is 0.364. The van der Waals surface area contributed by atoms with Gasteiger partial charge in [0.25, 0.3) is 0 Å². The van der Waals surface area contributed by atoms with Crippen molar-refractivity contribution in [2.45, 2.75) is 6.42 Å². The topological polar surface area (TPSA) is 35.8 Å². The van der Waals surface area contributed by atoms with Crippen molar-refractivity contribution in [3.8, 4) is 6.07 Å². The summed E-state index contributed by atoms with van der Waals surface area (Å²) in [5, 5.41) is 12.1. The third-order valence-electron chi connectivity index (χ3n) is 2.51. The smallest absolute Gasteiger partial charge is 0.0994 e. The highest BCUT2D eigenvalue weighted by Crippen LogP contribution is 2.15. The van der Waals surface area contributed by atoms with Crippen LogP contribution in [0.4, 0.5) is 0 Å². The molecule has 1 aromatic rings. The minimum atomic E-state index is 0. The van der Waals surface area contributed by atoms with Gasteiger partial charge >= 0.3 is 0 Å². The molecule has 74 valence electrons. The lowest BCUT2D eigenvalue weighted by Crippen LogP contribution is -2.43. The molecule has 2 rings (SSSR count). The van der Waals surface area contributed by atoms with E-state index in [1.807, 2.05) is 18.2 Å². The van der Waals surface area contributed by atoms with Gasteiger partial charge in [0.15, 0.2) is 0 Å². The van der Waals surface area contributed by atoms with Crippen LogP contribution in [-0.4, -0.2) is 13.1 Å². The summed E-state index contributed by atoms with van der Waals surface area (Å²) in [7, 11) is 0. The first-order valence-corrected chi connectivity index (χ1v) is 4.59. The summed E-state index contributed by atoms with van der Waals surface area (Å²) < 4.78 is 0. The summed E-state index contributed by atoms with van der Waals surface area (Å²) in [5.74, 6) is 0.731. The zero-order chi connectivity index (χ0) is 9.10. The maximum atomic E-state index is 8.86. The van der Waals surface area contributed by atoms with E-state index in [9.17, 15) is 0 Å². The number of nitriles is 1. The zero-order valence-corrected chi connectivity index (χ0v) is 8.68. The number of halogens is 1. The van der Waals surface area contributed by atoms with Gasteiger partial charge in [-0.05, 0) is 37.1 Å². The molecule has 1 fully saturated rings. The van der Waals surface area contributed by atoms with Gasteiger partial charge in [0.1, 0.15) is 0 Å². The monoisotopic (exact) mass is 208 g/mol. The summed E-state index contributed by atoms with van der Waals surface area (Å²) in [5.41, 5.74) is 2.02. The van der Waals surface area contributed by atoms with E-state index in [1.54, 1.807) is 0 Å². The van der Waals surface area contributed by atoms with Crippen LogP contribution in [0.2, 0.25) is 0 Å². The second-order valence-corrected chi connectivity index (χ2v) is 3.50. The van der Waals surface area contributed by atoms with Crippen molar-refractivity contribution in [3.05, 3.63) is 35.4 Å². The van der Waals surface area contributed by atoms with Crippen LogP contribution in [0, 0.1) is 17.2 Å². The van der Waals surface area contributed by atoms with Gasteiger partial charge in [-0.2, -0.15) is 5.26 Å². The fourth-order valence-corrected chi connectivity index (χ4v) is 1.61. The van der Waals surface area contributed by atoms with E-state index in [0.717, 1.165) is 31.0 Å². The number of hydrogen-bond donors (Lipinski definition) is 1. The highest BCUT2D eigenvalue weighted by molar-refractivity contribution is 5.85. The standard InChI is InChI=1S/C11H12N2.ClH/c12-6-11-4-2-1-3-10(11)5-9-7-13-8-9;/h1-4,9,13H,5,7-8H2;1H. The Bertz CT molecular complexity index is 339. The number of benzene rings is 1. The molecule has 0 unspecified atom stereocenters. The molecule has 1 aliphatic rings. The van der Waals surface area contributed by atoms with Gasteiger partial charge in [-0.15, -0.1) is 12.4 Å². The number of rotatable bonds is 2. The van der Waals surface area contributed by atoms with Crippen LogP contribution in [0.15, 0.2) is 24.3 Å². The third-order valence-corrected chi connectivity index (χ3v) is 2.51. The van der Waals surface area contributed by atoms with Gasteiger partial charge in [0, 0.05) is 0 Å². The minimum absolute atomic E-state index is 0. The first-order chi connectivity index (χ1) is 6.40. The maximum Gasteiger partial charge on any atom is 0.0994 e. The van der Waals surface area contributed by atoms with Gasteiger partial charge in [-0.1, -0.05) is 18.2 Å². The Balaban J connectivity index is 0.000000980. The van der Waals surface area contributed by atoms with Gasteiger partial charge in [0.2, 0.25) is 0 Å². The molecule has 0 aliphatic carbocycles. The van der Waals surface area contributed by atoms with E-state index >= 15 is 0 Å². The van der Waals surface area contributed by atoms with Gasteiger partial charge in [-0.25, -0.2) is 0 Å². The number of nitrogens with zero attached hydrogens (tertiary/aromatic N) is 1. The van der Waals surface area contributed by atoms with Crippen LogP contribution in [0.3, 0.4) is 0 Å². The first-order valence-electron chi connectivity index (χ1n) is 4.59. The Morgan fingerprint density at radius 2 is 2.07 bits per heavy atom. The fourth-order valence-electron chi connectivity index (χ4n) is 1.61. The molecule has 14 heavy (non-hydrogen) atoms. The average Bonchev–Trinajstić information content (AvgIpc) is 2.12. The summed E-state index contributed by atoms with van der Waals surface area (Å²) in [6.45, 7) is 2.19. The molecule has 1 N–H and O–H groups in total. The van der Waals surface area contributed by atoms with Crippen LogP contribution in [0.1, 0.15) is 11.1 Å². The molecule has 1 aliphatic heterocycles. The normalized spacial score (nSPS) is 15.1. The Morgan fingerprint density at radius 1 is 1.36 bits per heavy atom. The van der Waals surface area contributed by atoms with E-state index < -0.39 is 0 Å². The van der Waals surface area contributed by atoms with E-state index in [1.165, 1.54) is 5.56 Å². The molecule has 0 bridgehead atoms. The van der Waals surface area contributed by atoms with Gasteiger partial charge in [-0.3, -0.25) is 0 Å². The van der Waals surface area contributed by atoms with Crippen LogP contribution < -0.4 is 5.32 Å². The average molecular weight is 209 g/mol. The second kappa shape index (κ2) is 4.99. The number of nitrogens with one attached hydrogen (secondary N) is 1. The van der Waals surface area contributed by atoms with E-state index in [0.29, 0.717) is 0 Å². The predicted molar refractivity (Wildman–Crippen MR) is 58.5 cm³/mol. The zero-order valence-electron chi connectivity index (χ0n) is 7.86. The molecule has 1 aromatic carbocycles. The van der Waals surface area contributed by atoms with Crippen LogP contribution in [0.5, 0.6) is 0 Å². The largest absolute Gasteiger partial charge is 0.316 e. The maximum absolute atomic E-state index is 8.86. The molecule has 1 saturated heterocycles. The highest BCUT2D eigenvalue weighted by Gasteiger charge is 2.17. The third kappa shape index (κ3) is 2.25. The molecule has 1 heterocycles. The second-order valence-electron chi connectivity index (χ2n) is 3.50. The van der Waals surface area contributed by atoms with Crippen molar-refractivity contribution in [1.82, 2.24) is 5.32 Å². The number of hydrogen-bond acceptors (Lipinski definition) is 2. The Kier molecular flexibility index (Phi) is 3.94. The van der Waals surface area contributed by atoms with E-state index in [4.69, 9.17) is 5.26 Å². The van der Waals surface area contributed by atoms with Crippen LogP contribution in [-0.2, 0) is 6.42 Å². The molecule has 0 amide bonds. The molecule has 0 aromatic heterocycles. The Morgan fingerprint density at radius 3 is 2.64 bits per heavy atom. The lowest BCUT2D eigenvalue weighted by Gasteiger charge is -2.27. The molecule has 2 nitrogen and oxygen atoms in total. The van der Waals surface area contributed by atoms with Crippen molar-refractivity contribution in [2.24, 2.45) is 5.92 Å². The predicted octanol–water partition coefficient (Wildman–Crippen LogP) is 1.74. The molecule has 0 radical (unpaired) electrons. The molecule has 0 saturated carbocycles. The Labute approximate surface area is 90.3 Å². The lowest BCUT2D eigenvalue weighted by atomic mass is 9.92. The first kappa shape index (κ1) is 11.0. The summed E-state index contributed by atoms with van der Waals surface area (Å²) >= 11 is 0. The van der Waals surface area contributed by atoms with Crippen molar-refractivity contribution in [3.63, 3.8) is 0 Å². The molecular weight excluding hydrogens is 196 g/mol. The van der Waals surface area contributed by atoms with Crippen molar-refractivity contribution >= 4 is 12.4 Å². The van der Waals surface area contributed by atoms with Crippen molar-refractivity contribution < 1.29 is 0 Å². The summed E-state index contributed by atoms with van der Waals surface area (Å²) in [6, 6.07) is 10.1. The van der Waals surface area contributed by atoms with Gasteiger partial charge < -0.3 is 5.32 Å². The Hall–Kier alpha value is -1.04. The van der Waals surface area contributed by atoms with Crippen LogP contribution in [0.25, 0.3) is 0 Å². The molecule has 0 atom stereocenters. The van der Waals surface area contributed by atoms with Crippen molar-refractivity contribution in [2.75, 3.05) is 13.1 Å². The molecular formula is C11H13ClN2. The molecule has 0 spiro atoms. The van der Waals surface area contributed by atoms with Crippen LogP contribution >= 0.6 is 12.4 Å². The lowest BCUT2D eigenvalue weighted by molar-refractivity contribution is 0.346. The van der Waals surface area contributed by atoms with E-state index in [-0.39, 0.29) is 12.4 Å². The van der Waals surface area contributed by atoms with E-state index in [2.05, 4.69) is 17.5 Å². The molecule has 3 heteroatoms. The van der Waals surface area contributed by atoms with Crippen molar-refractivity contribution in [1.29, 1.82) is 5.26 Å². The summed E-state index contributed by atoms with van der Waals surface area (Å²) in [4.78, 5) is 0. The van der Waals surface area contributed by atoms with Gasteiger partial charge in [0.05, 0.1) is 11.6 Å². The highest BCUT2D eigenvalue weighted by atomic mass is 35.5. The quantitative estimate of drug-likeness (QED) is 0.804. The minimum Gasteiger partial charge on any atom is -0.316 e.